The molecule has 0 spiro atoms. The summed E-state index contributed by atoms with van der Waals surface area (Å²) in [5, 5.41) is 3.22. The monoisotopic (exact) mass is 225 g/mol. The zero-order chi connectivity index (χ0) is 12.1. The second-order valence-electron chi connectivity index (χ2n) is 3.99. The number of hydrogen-bond donors (Lipinski definition) is 3. The van der Waals surface area contributed by atoms with Crippen LogP contribution in [0.5, 0.6) is 0 Å². The Morgan fingerprint density at radius 2 is 2.06 bits per heavy atom. The third kappa shape index (κ3) is 3.54. The highest BCUT2D eigenvalue weighted by molar-refractivity contribution is 5.48. The highest BCUT2D eigenvalue weighted by Gasteiger charge is 2.13. The van der Waals surface area contributed by atoms with Gasteiger partial charge in [0.2, 0.25) is 5.95 Å². The summed E-state index contributed by atoms with van der Waals surface area (Å²) in [6, 6.07) is 1.82. The second kappa shape index (κ2) is 5.50. The lowest BCUT2D eigenvalue weighted by molar-refractivity contribution is 0.171. The van der Waals surface area contributed by atoms with Gasteiger partial charge in [0, 0.05) is 13.2 Å². The van der Waals surface area contributed by atoms with Gasteiger partial charge >= 0.3 is 0 Å². The summed E-state index contributed by atoms with van der Waals surface area (Å²) >= 11 is 0. The van der Waals surface area contributed by atoms with E-state index >= 15 is 0 Å². The summed E-state index contributed by atoms with van der Waals surface area (Å²) in [7, 11) is 1.67. The fourth-order valence-electron chi connectivity index (χ4n) is 1.33. The minimum absolute atomic E-state index is 0.165. The first-order chi connectivity index (χ1) is 7.52. The number of nitrogens with zero attached hydrogens (tertiary/aromatic N) is 2. The molecule has 0 saturated carbocycles. The van der Waals surface area contributed by atoms with Crippen LogP contribution in [0.3, 0.4) is 0 Å². The van der Waals surface area contributed by atoms with Gasteiger partial charge in [-0.3, -0.25) is 0 Å². The Kier molecular flexibility index (Phi) is 4.30. The van der Waals surface area contributed by atoms with E-state index in [0.29, 0.717) is 24.2 Å². The van der Waals surface area contributed by atoms with Crippen LogP contribution in [0.25, 0.3) is 0 Å². The Bertz CT molecular complexity index is 322. The number of ether oxygens (including phenoxy) is 1. The van der Waals surface area contributed by atoms with Crippen molar-refractivity contribution in [1.29, 1.82) is 0 Å². The maximum Gasteiger partial charge on any atom is 0.223 e. The fraction of sp³-hybridized carbons (Fsp3) is 0.600. The number of nitrogens with two attached hydrogens (primary N) is 2. The van der Waals surface area contributed by atoms with Gasteiger partial charge in [-0.25, -0.2) is 0 Å². The third-order valence-electron chi connectivity index (χ3n) is 2.25. The molecular formula is C10H19N5O. The second-order valence-corrected chi connectivity index (χ2v) is 3.99. The molecule has 1 heterocycles. The minimum Gasteiger partial charge on any atom is -0.383 e. The van der Waals surface area contributed by atoms with E-state index in [1.165, 1.54) is 0 Å². The zero-order valence-corrected chi connectivity index (χ0v) is 9.90. The van der Waals surface area contributed by atoms with Crippen molar-refractivity contribution in [3.05, 3.63) is 6.07 Å². The van der Waals surface area contributed by atoms with Gasteiger partial charge in [0.1, 0.15) is 11.6 Å². The van der Waals surface area contributed by atoms with E-state index in [0.717, 1.165) is 0 Å². The molecule has 0 aliphatic heterocycles. The molecule has 0 aliphatic carbocycles. The third-order valence-corrected chi connectivity index (χ3v) is 2.25. The average Bonchev–Trinajstić information content (AvgIpc) is 2.15. The highest BCUT2D eigenvalue weighted by Crippen LogP contribution is 2.14. The van der Waals surface area contributed by atoms with Crippen molar-refractivity contribution >= 4 is 17.6 Å². The summed E-state index contributed by atoms with van der Waals surface area (Å²) in [4.78, 5) is 7.86. The lowest BCUT2D eigenvalue weighted by Crippen LogP contribution is -2.31. The summed E-state index contributed by atoms with van der Waals surface area (Å²) in [5.74, 6) is 1.57. The quantitative estimate of drug-likeness (QED) is 0.683. The predicted molar refractivity (Wildman–Crippen MR) is 65.0 cm³/mol. The van der Waals surface area contributed by atoms with Crippen molar-refractivity contribution in [1.82, 2.24) is 9.97 Å². The number of anilines is 3. The lowest BCUT2D eigenvalue weighted by atomic mass is 10.1. The molecule has 1 aromatic rings. The molecule has 90 valence electrons. The van der Waals surface area contributed by atoms with Crippen molar-refractivity contribution in [2.45, 2.75) is 19.9 Å². The number of rotatable bonds is 5. The van der Waals surface area contributed by atoms with E-state index in [1.54, 1.807) is 13.2 Å². The van der Waals surface area contributed by atoms with Gasteiger partial charge in [0.15, 0.2) is 0 Å². The van der Waals surface area contributed by atoms with Gasteiger partial charge in [0.25, 0.3) is 0 Å². The molecule has 5 N–H and O–H groups in total. The molecule has 0 amide bonds. The number of hydrogen-bond acceptors (Lipinski definition) is 6. The lowest BCUT2D eigenvalue weighted by Gasteiger charge is -2.22. The molecule has 1 atom stereocenters. The molecule has 0 aliphatic rings. The zero-order valence-electron chi connectivity index (χ0n) is 9.90. The standard InChI is InChI=1S/C10H19N5O/c1-6(2)7(5-16-3)13-9-4-8(11)14-10(12)15-9/h4,6-7H,5H2,1-3H3,(H5,11,12,13,14,15). The fourth-order valence-corrected chi connectivity index (χ4v) is 1.33. The highest BCUT2D eigenvalue weighted by atomic mass is 16.5. The van der Waals surface area contributed by atoms with Crippen LogP contribution in [0, 0.1) is 5.92 Å². The van der Waals surface area contributed by atoms with Gasteiger partial charge < -0.3 is 21.5 Å². The molecule has 16 heavy (non-hydrogen) atoms. The van der Waals surface area contributed by atoms with Crippen molar-refractivity contribution in [2.24, 2.45) is 5.92 Å². The van der Waals surface area contributed by atoms with Gasteiger partial charge in [-0.2, -0.15) is 9.97 Å². The van der Waals surface area contributed by atoms with E-state index < -0.39 is 0 Å². The predicted octanol–water partition coefficient (Wildman–Crippen LogP) is 0.724. The van der Waals surface area contributed by atoms with Gasteiger partial charge in [-0.1, -0.05) is 13.8 Å². The molecule has 1 aromatic heterocycles. The van der Waals surface area contributed by atoms with E-state index in [4.69, 9.17) is 16.2 Å². The van der Waals surface area contributed by atoms with Crippen LogP contribution < -0.4 is 16.8 Å². The van der Waals surface area contributed by atoms with Crippen LogP contribution in [0.4, 0.5) is 17.6 Å². The van der Waals surface area contributed by atoms with Crippen LogP contribution in [0.2, 0.25) is 0 Å². The largest absolute Gasteiger partial charge is 0.383 e. The van der Waals surface area contributed by atoms with Crippen molar-refractivity contribution in [3.63, 3.8) is 0 Å². The van der Waals surface area contributed by atoms with Gasteiger partial charge in [0.05, 0.1) is 12.6 Å². The van der Waals surface area contributed by atoms with Crippen molar-refractivity contribution in [3.8, 4) is 0 Å². The van der Waals surface area contributed by atoms with E-state index in [-0.39, 0.29) is 12.0 Å². The maximum absolute atomic E-state index is 5.58. The van der Waals surface area contributed by atoms with Crippen LogP contribution >= 0.6 is 0 Å². The van der Waals surface area contributed by atoms with Crippen molar-refractivity contribution < 1.29 is 4.74 Å². The summed E-state index contributed by atoms with van der Waals surface area (Å²) in [5.41, 5.74) is 11.1. The molecule has 6 heteroatoms. The van der Waals surface area contributed by atoms with Crippen LogP contribution in [0.1, 0.15) is 13.8 Å². The van der Waals surface area contributed by atoms with Crippen LogP contribution in [0.15, 0.2) is 6.07 Å². The number of nitrogens with one attached hydrogen (secondary N) is 1. The summed E-state index contributed by atoms with van der Waals surface area (Å²) < 4.78 is 5.13. The van der Waals surface area contributed by atoms with Crippen LogP contribution in [-0.2, 0) is 4.74 Å². The Labute approximate surface area is 95.4 Å². The first-order valence-corrected chi connectivity index (χ1v) is 5.18. The molecule has 1 rings (SSSR count). The minimum atomic E-state index is 0.165. The first kappa shape index (κ1) is 12.5. The smallest absolute Gasteiger partial charge is 0.223 e. The average molecular weight is 225 g/mol. The molecule has 6 nitrogen and oxygen atoms in total. The summed E-state index contributed by atoms with van der Waals surface area (Å²) in [6.07, 6.45) is 0. The topological polar surface area (TPSA) is 99.1 Å². The van der Waals surface area contributed by atoms with E-state index in [2.05, 4.69) is 29.1 Å². The van der Waals surface area contributed by atoms with Crippen LogP contribution in [-0.4, -0.2) is 29.7 Å². The number of nitrogen functional groups attached to an aromatic ring is 2. The molecule has 0 fully saturated rings. The van der Waals surface area contributed by atoms with Crippen molar-refractivity contribution in [2.75, 3.05) is 30.5 Å². The SMILES string of the molecule is COCC(Nc1cc(N)nc(N)n1)C(C)C. The summed E-state index contributed by atoms with van der Waals surface area (Å²) in [6.45, 7) is 4.80. The molecule has 0 radical (unpaired) electrons. The Morgan fingerprint density at radius 3 is 2.56 bits per heavy atom. The number of methoxy groups -OCH3 is 1. The first-order valence-electron chi connectivity index (χ1n) is 5.18. The van der Waals surface area contributed by atoms with Gasteiger partial charge in [-0.15, -0.1) is 0 Å². The van der Waals surface area contributed by atoms with E-state index in [1.807, 2.05) is 0 Å². The molecule has 0 aromatic carbocycles. The van der Waals surface area contributed by atoms with Gasteiger partial charge in [-0.05, 0) is 5.92 Å². The van der Waals surface area contributed by atoms with E-state index in [9.17, 15) is 0 Å². The maximum atomic E-state index is 5.58. The molecule has 1 unspecified atom stereocenters. The molecule has 0 saturated heterocycles. The molecule has 0 bridgehead atoms. The molecular weight excluding hydrogens is 206 g/mol. The Morgan fingerprint density at radius 1 is 1.38 bits per heavy atom. The number of aromatic nitrogens is 2. The normalized spacial score (nSPS) is 12.8. The Balaban J connectivity index is 2.76. The Hall–Kier alpha value is -1.56.